The molecule has 1 heterocycles. The number of aliphatic carboxylic acids is 1. The maximum atomic E-state index is 12.1. The van der Waals surface area contributed by atoms with Crippen molar-refractivity contribution in [1.29, 1.82) is 0 Å². The molecule has 0 saturated carbocycles. The Kier molecular flexibility index (Phi) is 3.50. The fourth-order valence-corrected chi connectivity index (χ4v) is 2.18. The molecule has 6 nitrogen and oxygen atoms in total. The van der Waals surface area contributed by atoms with Gasteiger partial charge in [0.2, 0.25) is 11.8 Å². The molecule has 1 fully saturated rings. The van der Waals surface area contributed by atoms with Gasteiger partial charge < -0.3 is 9.84 Å². The van der Waals surface area contributed by atoms with Crippen LogP contribution < -0.4 is 4.74 Å². The molecular weight excluding hydrogens is 250 g/mol. The number of carbonyl (C=O) groups is 3. The first-order valence-corrected chi connectivity index (χ1v) is 5.73. The number of para-hydroxylation sites is 1. The monoisotopic (exact) mass is 263 g/mol. The van der Waals surface area contributed by atoms with E-state index in [1.165, 1.54) is 7.11 Å². The van der Waals surface area contributed by atoms with Crippen molar-refractivity contribution in [2.24, 2.45) is 0 Å². The van der Waals surface area contributed by atoms with Crippen LogP contribution in [0.15, 0.2) is 24.3 Å². The number of carboxylic acids is 1. The Labute approximate surface area is 109 Å². The van der Waals surface area contributed by atoms with Crippen molar-refractivity contribution in [1.82, 2.24) is 4.90 Å². The largest absolute Gasteiger partial charge is 0.496 e. The van der Waals surface area contributed by atoms with E-state index in [0.29, 0.717) is 11.3 Å². The first kappa shape index (κ1) is 13.1. The lowest BCUT2D eigenvalue weighted by Gasteiger charge is -2.14. The summed E-state index contributed by atoms with van der Waals surface area (Å²) in [5.74, 6) is -2.31. The van der Waals surface area contributed by atoms with Gasteiger partial charge in [0.15, 0.2) is 0 Å². The smallest absolute Gasteiger partial charge is 0.323 e. The second kappa shape index (κ2) is 5.09. The number of carbonyl (C=O) groups excluding carboxylic acids is 2. The number of amides is 2. The van der Waals surface area contributed by atoms with E-state index in [4.69, 9.17) is 9.84 Å². The minimum absolute atomic E-state index is 0.0213. The molecule has 2 amide bonds. The molecule has 1 N–H and O–H groups in total. The Balaban J connectivity index is 2.30. The normalized spacial score (nSPS) is 18.8. The van der Waals surface area contributed by atoms with Crippen molar-refractivity contribution in [3.05, 3.63) is 29.8 Å². The van der Waals surface area contributed by atoms with Crippen molar-refractivity contribution in [2.45, 2.75) is 12.3 Å². The highest BCUT2D eigenvalue weighted by Crippen LogP contribution is 2.34. The SMILES string of the molecule is COc1ccccc1C1CC(=O)N(CC(=O)O)C1=O. The molecule has 0 bridgehead atoms. The molecule has 0 aromatic heterocycles. The Morgan fingerprint density at radius 3 is 2.74 bits per heavy atom. The van der Waals surface area contributed by atoms with Crippen LogP contribution in [0.25, 0.3) is 0 Å². The Bertz CT molecular complexity index is 540. The van der Waals surface area contributed by atoms with Gasteiger partial charge in [-0.05, 0) is 6.07 Å². The van der Waals surface area contributed by atoms with Crippen LogP contribution in [-0.2, 0) is 14.4 Å². The molecule has 1 aromatic rings. The summed E-state index contributed by atoms with van der Waals surface area (Å²) < 4.78 is 5.16. The third-order valence-corrected chi connectivity index (χ3v) is 3.05. The van der Waals surface area contributed by atoms with Gasteiger partial charge in [0, 0.05) is 12.0 Å². The number of ether oxygens (including phenoxy) is 1. The number of nitrogens with zero attached hydrogens (tertiary/aromatic N) is 1. The van der Waals surface area contributed by atoms with E-state index in [0.717, 1.165) is 4.90 Å². The van der Waals surface area contributed by atoms with Crippen LogP contribution in [0, 0.1) is 0 Å². The fourth-order valence-electron chi connectivity index (χ4n) is 2.18. The van der Waals surface area contributed by atoms with E-state index >= 15 is 0 Å². The van der Waals surface area contributed by atoms with Gasteiger partial charge in [-0.2, -0.15) is 0 Å². The van der Waals surface area contributed by atoms with E-state index in [-0.39, 0.29) is 6.42 Å². The van der Waals surface area contributed by atoms with Gasteiger partial charge in [-0.25, -0.2) is 0 Å². The highest BCUT2D eigenvalue weighted by Gasteiger charge is 2.41. The van der Waals surface area contributed by atoms with Crippen LogP contribution in [0.4, 0.5) is 0 Å². The lowest BCUT2D eigenvalue weighted by atomic mass is 9.96. The minimum atomic E-state index is -1.21. The van der Waals surface area contributed by atoms with Crippen molar-refractivity contribution in [2.75, 3.05) is 13.7 Å². The van der Waals surface area contributed by atoms with Crippen LogP contribution in [0.2, 0.25) is 0 Å². The lowest BCUT2D eigenvalue weighted by Crippen LogP contribution is -2.35. The van der Waals surface area contributed by atoms with Gasteiger partial charge in [-0.3, -0.25) is 19.3 Å². The van der Waals surface area contributed by atoms with Crippen LogP contribution in [0.5, 0.6) is 5.75 Å². The highest BCUT2D eigenvalue weighted by molar-refractivity contribution is 6.08. The standard InChI is InChI=1S/C13H13NO5/c1-19-10-5-3-2-4-8(10)9-6-11(15)14(13(9)18)7-12(16)17/h2-5,9H,6-7H2,1H3,(H,16,17). The minimum Gasteiger partial charge on any atom is -0.496 e. The summed E-state index contributed by atoms with van der Waals surface area (Å²) in [5, 5.41) is 8.70. The molecule has 0 radical (unpaired) electrons. The first-order valence-electron chi connectivity index (χ1n) is 5.73. The van der Waals surface area contributed by atoms with E-state index in [9.17, 15) is 14.4 Å². The Morgan fingerprint density at radius 2 is 2.11 bits per heavy atom. The Morgan fingerprint density at radius 1 is 1.42 bits per heavy atom. The Hall–Kier alpha value is -2.37. The highest BCUT2D eigenvalue weighted by atomic mass is 16.5. The van der Waals surface area contributed by atoms with Crippen molar-refractivity contribution in [3.63, 3.8) is 0 Å². The fraction of sp³-hybridized carbons (Fsp3) is 0.308. The zero-order chi connectivity index (χ0) is 14.0. The number of hydrogen-bond acceptors (Lipinski definition) is 4. The number of rotatable bonds is 4. The van der Waals surface area contributed by atoms with E-state index in [2.05, 4.69) is 0 Å². The van der Waals surface area contributed by atoms with Crippen molar-refractivity contribution < 1.29 is 24.2 Å². The molecule has 0 aliphatic carbocycles. The second-order valence-electron chi connectivity index (χ2n) is 4.21. The number of methoxy groups -OCH3 is 1. The number of likely N-dealkylation sites (tertiary alicyclic amines) is 1. The lowest BCUT2D eigenvalue weighted by molar-refractivity contribution is -0.148. The zero-order valence-corrected chi connectivity index (χ0v) is 10.3. The third kappa shape index (κ3) is 2.42. The summed E-state index contributed by atoms with van der Waals surface area (Å²) >= 11 is 0. The first-order chi connectivity index (χ1) is 9.04. The summed E-state index contributed by atoms with van der Waals surface area (Å²) in [6, 6.07) is 6.92. The number of carboxylic acid groups (broad SMARTS) is 1. The quantitative estimate of drug-likeness (QED) is 0.805. The predicted octanol–water partition coefficient (Wildman–Crippen LogP) is 0.622. The summed E-state index contributed by atoms with van der Waals surface area (Å²) in [7, 11) is 1.48. The molecule has 1 atom stereocenters. The number of imide groups is 1. The summed E-state index contributed by atoms with van der Waals surface area (Å²) in [6.45, 7) is -0.594. The molecule has 100 valence electrons. The predicted molar refractivity (Wildman–Crippen MR) is 64.7 cm³/mol. The average molecular weight is 263 g/mol. The van der Waals surface area contributed by atoms with E-state index in [1.54, 1.807) is 24.3 Å². The van der Waals surface area contributed by atoms with Gasteiger partial charge in [0.05, 0.1) is 13.0 Å². The van der Waals surface area contributed by atoms with Gasteiger partial charge in [-0.15, -0.1) is 0 Å². The van der Waals surface area contributed by atoms with Crippen LogP contribution in [0.3, 0.4) is 0 Å². The molecule has 6 heteroatoms. The summed E-state index contributed by atoms with van der Waals surface area (Å²) in [6.07, 6.45) is -0.0213. The molecule has 2 rings (SSSR count). The van der Waals surface area contributed by atoms with Gasteiger partial charge >= 0.3 is 5.97 Å². The number of benzene rings is 1. The number of hydrogen-bond donors (Lipinski definition) is 1. The zero-order valence-electron chi connectivity index (χ0n) is 10.3. The van der Waals surface area contributed by atoms with Gasteiger partial charge in [-0.1, -0.05) is 18.2 Å². The van der Waals surface area contributed by atoms with E-state index < -0.39 is 30.2 Å². The molecule has 1 saturated heterocycles. The maximum absolute atomic E-state index is 12.1. The molecule has 1 aromatic carbocycles. The second-order valence-corrected chi connectivity index (χ2v) is 4.21. The topological polar surface area (TPSA) is 83.9 Å². The van der Waals surface area contributed by atoms with Crippen molar-refractivity contribution in [3.8, 4) is 5.75 Å². The van der Waals surface area contributed by atoms with Gasteiger partial charge in [0.25, 0.3) is 0 Å². The molecule has 1 unspecified atom stereocenters. The molecule has 0 spiro atoms. The molecule has 19 heavy (non-hydrogen) atoms. The average Bonchev–Trinajstić information content (AvgIpc) is 2.66. The van der Waals surface area contributed by atoms with Crippen LogP contribution in [0.1, 0.15) is 17.9 Å². The molecule has 1 aliphatic rings. The van der Waals surface area contributed by atoms with Crippen molar-refractivity contribution >= 4 is 17.8 Å². The van der Waals surface area contributed by atoms with Crippen LogP contribution >= 0.6 is 0 Å². The van der Waals surface area contributed by atoms with Gasteiger partial charge in [0.1, 0.15) is 12.3 Å². The maximum Gasteiger partial charge on any atom is 0.323 e. The summed E-state index contributed by atoms with van der Waals surface area (Å²) in [5.41, 5.74) is 0.608. The van der Waals surface area contributed by atoms with Crippen LogP contribution in [-0.4, -0.2) is 41.4 Å². The third-order valence-electron chi connectivity index (χ3n) is 3.05. The summed E-state index contributed by atoms with van der Waals surface area (Å²) in [4.78, 5) is 35.2. The van der Waals surface area contributed by atoms with E-state index in [1.807, 2.05) is 0 Å². The molecular formula is C13H13NO5. The molecule has 1 aliphatic heterocycles.